The molecule has 2 saturated heterocycles. The van der Waals surface area contributed by atoms with Crippen LogP contribution < -0.4 is 10.6 Å². The number of nitrogens with zero attached hydrogens (tertiary/aromatic N) is 1. The van der Waals surface area contributed by atoms with Gasteiger partial charge in [0.25, 0.3) is 5.91 Å². The Labute approximate surface area is 265 Å². The fraction of sp³-hybridized carbons (Fsp3) is 0.515. The van der Waals surface area contributed by atoms with Crippen molar-refractivity contribution in [3.8, 4) is 0 Å². The Kier molecular flexibility index (Phi) is 10.3. The number of aliphatic hydroxyl groups excluding tert-OH is 1. The number of rotatable bonds is 12. The van der Waals surface area contributed by atoms with Crippen molar-refractivity contribution >= 4 is 33.3 Å². The number of anilines is 1. The van der Waals surface area contributed by atoms with Gasteiger partial charge < -0.3 is 30.0 Å². The fourth-order valence-electron chi connectivity index (χ4n) is 6.01. The molecular formula is C33H43N3O8S. The number of allylic oxidation sites excluding steroid dienone is 1. The molecule has 12 heteroatoms. The predicted molar refractivity (Wildman–Crippen MR) is 169 cm³/mol. The Balaban J connectivity index is 1.37. The zero-order valence-corrected chi connectivity index (χ0v) is 27.0. The maximum atomic E-state index is 14.1. The summed E-state index contributed by atoms with van der Waals surface area (Å²) in [6, 6.07) is 13.1. The van der Waals surface area contributed by atoms with Crippen LogP contribution in [0, 0.1) is 17.8 Å². The Morgan fingerprint density at radius 2 is 1.89 bits per heavy atom. The zero-order valence-electron chi connectivity index (χ0n) is 26.1. The number of hydrogen-bond acceptors (Lipinski definition) is 8. The highest BCUT2D eigenvalue weighted by molar-refractivity contribution is 7.89. The first-order valence-corrected chi connectivity index (χ1v) is 17.0. The van der Waals surface area contributed by atoms with Crippen molar-refractivity contribution in [1.82, 2.24) is 9.62 Å². The first kappa shape index (κ1) is 33.1. The smallest absolute Gasteiger partial charge is 0.407 e. The van der Waals surface area contributed by atoms with Gasteiger partial charge in [-0.2, -0.15) is 4.31 Å². The van der Waals surface area contributed by atoms with E-state index in [2.05, 4.69) is 10.6 Å². The van der Waals surface area contributed by atoms with Crippen molar-refractivity contribution in [2.75, 3.05) is 31.6 Å². The molecule has 2 fully saturated rings. The minimum atomic E-state index is -4.11. The largest absolute Gasteiger partial charge is 0.443 e. The molecule has 2 amide bonds. The second kappa shape index (κ2) is 14.0. The number of benzene rings is 2. The molecule has 5 rings (SSSR count). The first-order chi connectivity index (χ1) is 21.4. The summed E-state index contributed by atoms with van der Waals surface area (Å²) in [6.07, 6.45) is -0.0585. The molecule has 244 valence electrons. The number of carbonyl (C=O) groups excluding carboxylic acids is 2. The lowest BCUT2D eigenvalue weighted by molar-refractivity contribution is -0.110. The summed E-state index contributed by atoms with van der Waals surface area (Å²) in [6.45, 7) is 8.31. The van der Waals surface area contributed by atoms with Crippen LogP contribution in [-0.4, -0.2) is 80.7 Å². The minimum absolute atomic E-state index is 0.0156. The van der Waals surface area contributed by atoms with E-state index in [1.807, 2.05) is 64.1 Å². The van der Waals surface area contributed by atoms with Gasteiger partial charge in [-0.3, -0.25) is 4.79 Å². The van der Waals surface area contributed by atoms with Gasteiger partial charge in [0.05, 0.1) is 36.2 Å². The molecule has 0 spiro atoms. The van der Waals surface area contributed by atoms with E-state index >= 15 is 0 Å². The summed E-state index contributed by atoms with van der Waals surface area (Å²) in [5.74, 6) is -0.298. The monoisotopic (exact) mass is 641 g/mol. The van der Waals surface area contributed by atoms with Gasteiger partial charge in [0, 0.05) is 29.9 Å². The van der Waals surface area contributed by atoms with Gasteiger partial charge in [-0.25, -0.2) is 13.2 Å². The molecular weight excluding hydrogens is 598 g/mol. The molecule has 0 aromatic heterocycles. The maximum Gasteiger partial charge on any atom is 0.407 e. The number of carbonyl (C=O) groups is 2. The molecule has 3 N–H and O–H groups in total. The number of aliphatic hydroxyl groups is 1. The molecule has 5 atom stereocenters. The number of nitrogens with one attached hydrogen (secondary N) is 2. The molecule has 2 aromatic rings. The molecule has 0 aliphatic carbocycles. The van der Waals surface area contributed by atoms with Gasteiger partial charge >= 0.3 is 6.09 Å². The van der Waals surface area contributed by atoms with E-state index in [4.69, 9.17) is 14.2 Å². The van der Waals surface area contributed by atoms with E-state index < -0.39 is 34.4 Å². The number of hydrogen-bond donors (Lipinski definition) is 3. The van der Waals surface area contributed by atoms with E-state index in [-0.39, 0.29) is 61.0 Å². The van der Waals surface area contributed by atoms with Crippen LogP contribution in [0.15, 0.2) is 59.5 Å². The third kappa shape index (κ3) is 7.75. The topological polar surface area (TPSA) is 144 Å². The summed E-state index contributed by atoms with van der Waals surface area (Å²) < 4.78 is 46.3. The van der Waals surface area contributed by atoms with Gasteiger partial charge in [-0.05, 0) is 48.4 Å². The van der Waals surface area contributed by atoms with E-state index in [9.17, 15) is 23.1 Å². The highest BCUT2D eigenvalue weighted by Crippen LogP contribution is 2.35. The Morgan fingerprint density at radius 1 is 1.13 bits per heavy atom. The van der Waals surface area contributed by atoms with Gasteiger partial charge in [0.15, 0.2) is 6.29 Å². The standard InChI is InChI=1S/C33H43N3O8S/c1-20(2)14-26-25-16-23(10-11-27(25)34-31(26)38)45(40,41)36(17-21(3)4)18-29(37)28(15-22-8-6-5-7-9-22)35-33(39)44-30-19-43-32-24(30)12-13-42-32/h5-11,14,16,20-21,24,28-30,32,37H,12-13,15,17-19H2,1-4H3,(H,34,38)(H,35,39). The zero-order chi connectivity index (χ0) is 32.3. The van der Waals surface area contributed by atoms with Crippen LogP contribution in [0.1, 0.15) is 45.2 Å². The Hall–Kier alpha value is -3.29. The van der Waals surface area contributed by atoms with Crippen molar-refractivity contribution in [2.24, 2.45) is 17.8 Å². The SMILES string of the molecule is CC(C)C=C1C(=O)Nc2ccc(S(=O)(=O)N(CC(C)C)CC(O)C(Cc3ccccc3)NC(=O)OC3COC4OCCC34)cc21. The first-order valence-electron chi connectivity index (χ1n) is 15.5. The number of ether oxygens (including phenoxy) is 3. The third-order valence-corrected chi connectivity index (χ3v) is 10.0. The summed E-state index contributed by atoms with van der Waals surface area (Å²) in [5, 5.41) is 17.2. The lowest BCUT2D eigenvalue weighted by Crippen LogP contribution is -2.51. The lowest BCUT2D eigenvalue weighted by atomic mass is 10.0. The summed E-state index contributed by atoms with van der Waals surface area (Å²) >= 11 is 0. The van der Waals surface area contributed by atoms with Crippen molar-refractivity contribution in [3.05, 3.63) is 65.7 Å². The molecule has 3 heterocycles. The lowest BCUT2D eigenvalue weighted by Gasteiger charge is -2.31. The molecule has 11 nitrogen and oxygen atoms in total. The maximum absolute atomic E-state index is 14.1. The van der Waals surface area contributed by atoms with Crippen LogP contribution in [0.25, 0.3) is 5.57 Å². The number of amides is 2. The van der Waals surface area contributed by atoms with E-state index in [0.29, 0.717) is 23.4 Å². The number of sulfonamides is 1. The van der Waals surface area contributed by atoms with Crippen LogP contribution in [0.2, 0.25) is 0 Å². The second-order valence-electron chi connectivity index (χ2n) is 12.7. The Morgan fingerprint density at radius 3 is 2.60 bits per heavy atom. The second-order valence-corrected chi connectivity index (χ2v) is 14.6. The van der Waals surface area contributed by atoms with Crippen LogP contribution in [0.5, 0.6) is 0 Å². The normalized spacial score (nSPS) is 23.3. The van der Waals surface area contributed by atoms with Crippen LogP contribution in [0.4, 0.5) is 10.5 Å². The summed E-state index contributed by atoms with van der Waals surface area (Å²) in [7, 11) is -4.11. The molecule has 0 radical (unpaired) electrons. The average molecular weight is 642 g/mol. The minimum Gasteiger partial charge on any atom is -0.443 e. The molecule has 3 aliphatic heterocycles. The molecule has 2 aromatic carbocycles. The Bertz CT molecular complexity index is 1510. The number of fused-ring (bicyclic) bond motifs is 2. The van der Waals surface area contributed by atoms with Crippen LogP contribution in [-0.2, 0) is 35.4 Å². The van der Waals surface area contributed by atoms with Crippen molar-refractivity contribution in [1.29, 1.82) is 0 Å². The van der Waals surface area contributed by atoms with Gasteiger partial charge in [-0.1, -0.05) is 64.1 Å². The summed E-state index contributed by atoms with van der Waals surface area (Å²) in [4.78, 5) is 25.7. The van der Waals surface area contributed by atoms with Gasteiger partial charge in [0.2, 0.25) is 10.0 Å². The predicted octanol–water partition coefficient (Wildman–Crippen LogP) is 3.78. The third-order valence-electron chi connectivity index (χ3n) is 8.18. The van der Waals surface area contributed by atoms with E-state index in [1.54, 1.807) is 6.07 Å². The highest BCUT2D eigenvalue weighted by atomic mass is 32.2. The van der Waals surface area contributed by atoms with Gasteiger partial charge in [-0.15, -0.1) is 0 Å². The van der Waals surface area contributed by atoms with Crippen molar-refractivity contribution < 1.29 is 37.3 Å². The highest BCUT2D eigenvalue weighted by Gasteiger charge is 2.44. The molecule has 45 heavy (non-hydrogen) atoms. The van der Waals surface area contributed by atoms with Crippen molar-refractivity contribution in [3.63, 3.8) is 0 Å². The average Bonchev–Trinajstić information content (AvgIpc) is 3.68. The van der Waals surface area contributed by atoms with Crippen LogP contribution >= 0.6 is 0 Å². The van der Waals surface area contributed by atoms with Crippen molar-refractivity contribution in [2.45, 2.75) is 70.0 Å². The molecule has 3 aliphatic rings. The van der Waals surface area contributed by atoms with Gasteiger partial charge in [0.1, 0.15) is 6.10 Å². The molecule has 0 bridgehead atoms. The molecule has 0 saturated carbocycles. The summed E-state index contributed by atoms with van der Waals surface area (Å²) in [5.41, 5.74) is 2.36. The van der Waals surface area contributed by atoms with E-state index in [0.717, 1.165) is 12.0 Å². The van der Waals surface area contributed by atoms with Crippen LogP contribution in [0.3, 0.4) is 0 Å². The quantitative estimate of drug-likeness (QED) is 0.297. The molecule has 5 unspecified atom stereocenters. The fourth-order valence-corrected chi connectivity index (χ4v) is 7.66. The van der Waals surface area contributed by atoms with E-state index in [1.165, 1.54) is 16.4 Å². The number of alkyl carbamates (subject to hydrolysis) is 1.